The third-order valence-corrected chi connectivity index (χ3v) is 12.5. The second-order valence-corrected chi connectivity index (χ2v) is 16.9. The van der Waals surface area contributed by atoms with Crippen molar-refractivity contribution < 1.29 is 9.59 Å². The molecule has 8 rings (SSSR count). The molecular formula is C54H67N9O2. The molecule has 1 saturated heterocycles. The van der Waals surface area contributed by atoms with E-state index in [4.69, 9.17) is 9.97 Å². The summed E-state index contributed by atoms with van der Waals surface area (Å²) in [6.07, 6.45) is 2.73. The summed E-state index contributed by atoms with van der Waals surface area (Å²) >= 11 is 0. The average Bonchev–Trinajstić information content (AvgIpc) is 4.12. The van der Waals surface area contributed by atoms with E-state index in [0.29, 0.717) is 32.7 Å². The number of hydrogen-bond acceptors (Lipinski definition) is 7. The zero-order valence-electron chi connectivity index (χ0n) is 39.0. The van der Waals surface area contributed by atoms with Gasteiger partial charge in [-0.25, -0.2) is 9.97 Å². The smallest absolute Gasteiger partial charge is 0.245 e. The van der Waals surface area contributed by atoms with Crippen LogP contribution in [0.5, 0.6) is 0 Å². The second-order valence-electron chi connectivity index (χ2n) is 16.9. The molecule has 2 atom stereocenters. The number of hydrogen-bond donors (Lipinski definition) is 2. The van der Waals surface area contributed by atoms with E-state index in [0.717, 1.165) is 108 Å². The van der Waals surface area contributed by atoms with Crippen molar-refractivity contribution in [1.29, 1.82) is 0 Å². The van der Waals surface area contributed by atoms with Gasteiger partial charge in [0, 0.05) is 31.9 Å². The summed E-state index contributed by atoms with van der Waals surface area (Å²) in [5.74, 6) is 1.94. The Morgan fingerprint density at radius 3 is 1.83 bits per heavy atom. The molecule has 0 bridgehead atoms. The maximum Gasteiger partial charge on any atom is 0.245 e. The molecule has 1 aliphatic heterocycles. The van der Waals surface area contributed by atoms with Gasteiger partial charge in [0.15, 0.2) is 0 Å². The van der Waals surface area contributed by atoms with Gasteiger partial charge in [0.2, 0.25) is 11.8 Å². The first kappa shape index (κ1) is 46.7. The Bertz CT molecular complexity index is 2510. The van der Waals surface area contributed by atoms with Crippen LogP contribution in [0.1, 0.15) is 94.3 Å². The molecule has 340 valence electrons. The predicted octanol–water partition coefficient (Wildman–Crippen LogP) is 10.2. The number of aromatic amines is 2. The largest absolute Gasteiger partial charge is 0.363 e. The Morgan fingerprint density at radius 2 is 1.25 bits per heavy atom. The van der Waals surface area contributed by atoms with Gasteiger partial charge in [-0.15, -0.1) is 0 Å². The van der Waals surface area contributed by atoms with Crippen LogP contribution in [0.25, 0.3) is 22.1 Å². The number of amides is 2. The summed E-state index contributed by atoms with van der Waals surface area (Å²) < 4.78 is 0. The van der Waals surface area contributed by atoms with Crippen molar-refractivity contribution >= 4 is 39.6 Å². The number of para-hydroxylation sites is 1. The third kappa shape index (κ3) is 11.9. The number of nitrogens with one attached hydrogen (secondary N) is 2. The minimum atomic E-state index is -0.322. The number of nitrogens with zero attached hydrogens (tertiary/aromatic N) is 7. The number of anilines is 1. The Morgan fingerprint density at radius 1 is 0.677 bits per heavy atom. The quantitative estimate of drug-likeness (QED) is 0.0833. The lowest BCUT2D eigenvalue weighted by molar-refractivity contribution is -0.138. The van der Waals surface area contributed by atoms with Crippen LogP contribution in [0.2, 0.25) is 0 Å². The predicted molar refractivity (Wildman–Crippen MR) is 264 cm³/mol. The standard InChI is InChI=1S/C48H61N9O2.C6H6/c1-6-27-55(45(58)34-53(7-2)8-3)33-44-49-39-25-23-35(29-41(39)50-44)31-56(38-20-15-12-16-21-38)32-36-24-26-40-42(30-36)52-47(51-40)43-22-17-28-57(43)48(59)46(54(9-4)10-5)37-18-13-11-14-19-37;1-2-4-6-5-3-1/h11-16,18-21,23-26,29-30,43,46H,6-10,17,22,27-28,31-34H2,1-5H3,(H,49,50)(H,51,52);1-6H. The second kappa shape index (κ2) is 23.1. The maximum absolute atomic E-state index is 14.4. The van der Waals surface area contributed by atoms with Crippen molar-refractivity contribution in [2.45, 2.75) is 85.6 Å². The number of likely N-dealkylation sites (tertiary alicyclic amines) is 1. The number of likely N-dealkylation sites (N-methyl/N-ethyl adjacent to an activating group) is 2. The summed E-state index contributed by atoms with van der Waals surface area (Å²) in [5, 5.41) is 0. The van der Waals surface area contributed by atoms with Crippen molar-refractivity contribution in [3.8, 4) is 0 Å². The van der Waals surface area contributed by atoms with Crippen LogP contribution in [0.3, 0.4) is 0 Å². The van der Waals surface area contributed by atoms with Crippen LogP contribution in [-0.2, 0) is 29.2 Å². The molecule has 11 heteroatoms. The van der Waals surface area contributed by atoms with Crippen LogP contribution in [0.4, 0.5) is 5.69 Å². The minimum Gasteiger partial charge on any atom is -0.363 e. The number of carbonyl (C=O) groups is 2. The normalized spacial score (nSPS) is 14.2. The molecule has 5 aromatic carbocycles. The molecule has 11 nitrogen and oxygen atoms in total. The molecule has 0 spiro atoms. The average molecular weight is 874 g/mol. The van der Waals surface area contributed by atoms with Crippen LogP contribution in [0, 0.1) is 0 Å². The zero-order valence-corrected chi connectivity index (χ0v) is 39.0. The molecule has 7 aromatic rings. The molecule has 3 heterocycles. The van der Waals surface area contributed by atoms with Gasteiger partial charge in [-0.1, -0.05) is 132 Å². The van der Waals surface area contributed by atoms with Crippen LogP contribution in [-0.4, -0.2) is 97.2 Å². The number of H-pyrrole nitrogens is 2. The number of rotatable bonds is 19. The molecule has 2 unspecified atom stereocenters. The zero-order chi connectivity index (χ0) is 45.5. The number of carbonyl (C=O) groups excluding carboxylic acids is 2. The van der Waals surface area contributed by atoms with Crippen LogP contribution < -0.4 is 4.90 Å². The lowest BCUT2D eigenvalue weighted by Gasteiger charge is -2.34. The highest BCUT2D eigenvalue weighted by Gasteiger charge is 2.38. The summed E-state index contributed by atoms with van der Waals surface area (Å²) in [7, 11) is 0. The van der Waals surface area contributed by atoms with Gasteiger partial charge in [0.25, 0.3) is 0 Å². The van der Waals surface area contributed by atoms with Crippen molar-refractivity contribution in [1.82, 2.24) is 39.5 Å². The molecular weight excluding hydrogens is 807 g/mol. The van der Waals surface area contributed by atoms with E-state index in [1.165, 1.54) is 0 Å². The Kier molecular flexibility index (Phi) is 16.6. The van der Waals surface area contributed by atoms with Crippen molar-refractivity contribution in [3.63, 3.8) is 0 Å². The van der Waals surface area contributed by atoms with Crippen molar-refractivity contribution in [2.75, 3.05) is 50.7 Å². The Labute approximate surface area is 385 Å². The van der Waals surface area contributed by atoms with Crippen LogP contribution in [0.15, 0.2) is 133 Å². The fourth-order valence-electron chi connectivity index (χ4n) is 9.01. The number of fused-ring (bicyclic) bond motifs is 2. The fraction of sp³-hybridized carbons (Fsp3) is 0.370. The van der Waals surface area contributed by atoms with E-state index in [1.54, 1.807) is 0 Å². The molecule has 1 aliphatic rings. The Hall–Kier alpha value is -6.30. The van der Waals surface area contributed by atoms with E-state index in [9.17, 15) is 9.59 Å². The highest BCUT2D eigenvalue weighted by atomic mass is 16.2. The van der Waals surface area contributed by atoms with Gasteiger partial charge in [-0.3, -0.25) is 19.4 Å². The topological polar surface area (TPSA) is 108 Å². The Balaban J connectivity index is 0.000000970. The van der Waals surface area contributed by atoms with Crippen LogP contribution >= 0.6 is 0 Å². The van der Waals surface area contributed by atoms with E-state index >= 15 is 0 Å². The maximum atomic E-state index is 14.4. The van der Waals surface area contributed by atoms with Gasteiger partial charge < -0.3 is 24.7 Å². The van der Waals surface area contributed by atoms with E-state index < -0.39 is 0 Å². The van der Waals surface area contributed by atoms with Gasteiger partial charge in [0.05, 0.1) is 41.2 Å². The van der Waals surface area contributed by atoms with Gasteiger partial charge >= 0.3 is 0 Å². The fourth-order valence-corrected chi connectivity index (χ4v) is 9.01. The summed E-state index contributed by atoms with van der Waals surface area (Å²) in [6.45, 7) is 17.5. The molecule has 1 fully saturated rings. The first-order valence-electron chi connectivity index (χ1n) is 23.7. The summed E-state index contributed by atoms with van der Waals surface area (Å²) in [4.78, 5) is 55.5. The molecule has 0 aliphatic carbocycles. The number of aromatic nitrogens is 4. The van der Waals surface area contributed by atoms with Gasteiger partial charge in [-0.05, 0) is 98.5 Å². The molecule has 0 radical (unpaired) electrons. The monoisotopic (exact) mass is 874 g/mol. The number of benzene rings is 5. The summed E-state index contributed by atoms with van der Waals surface area (Å²) in [6, 6.07) is 45.2. The highest BCUT2D eigenvalue weighted by Crippen LogP contribution is 2.36. The minimum absolute atomic E-state index is 0.0958. The molecule has 65 heavy (non-hydrogen) atoms. The van der Waals surface area contributed by atoms with E-state index in [2.05, 4.69) is 137 Å². The lowest BCUT2D eigenvalue weighted by atomic mass is 10.0. The molecule has 2 amide bonds. The lowest BCUT2D eigenvalue weighted by Crippen LogP contribution is -2.43. The van der Waals surface area contributed by atoms with E-state index in [1.807, 2.05) is 65.6 Å². The van der Waals surface area contributed by atoms with Gasteiger partial charge in [0.1, 0.15) is 17.7 Å². The number of imidazole rings is 2. The van der Waals surface area contributed by atoms with Crippen molar-refractivity contribution in [3.05, 3.63) is 162 Å². The van der Waals surface area contributed by atoms with E-state index in [-0.39, 0.29) is 23.9 Å². The first-order valence-corrected chi connectivity index (χ1v) is 23.7. The summed E-state index contributed by atoms with van der Waals surface area (Å²) in [5.41, 5.74) is 8.24. The van der Waals surface area contributed by atoms with Gasteiger partial charge in [-0.2, -0.15) is 0 Å². The third-order valence-electron chi connectivity index (χ3n) is 12.5. The molecule has 2 N–H and O–H groups in total. The molecule has 2 aromatic heterocycles. The first-order chi connectivity index (χ1) is 31.8. The molecule has 0 saturated carbocycles. The van der Waals surface area contributed by atoms with Crippen molar-refractivity contribution in [2.24, 2.45) is 0 Å². The SMILES string of the molecule is CCCN(Cc1nc2ccc(CN(Cc3ccc4nc(C5CCCN5C(=O)C(c5ccccc5)N(CC)CC)[nH]c4c3)c3ccccc3)cc2[nH]1)C(=O)CN(CC)CC.c1ccccc1. The highest BCUT2D eigenvalue weighted by molar-refractivity contribution is 5.84.